The highest BCUT2D eigenvalue weighted by molar-refractivity contribution is 5.90. The number of rotatable bonds is 4. The second-order valence-corrected chi connectivity index (χ2v) is 2.29. The number of allylic oxidation sites excluding steroid dienone is 1. The lowest BCUT2D eigenvalue weighted by Gasteiger charge is -2.14. The summed E-state index contributed by atoms with van der Waals surface area (Å²) in [5, 5.41) is 8.44. The van der Waals surface area contributed by atoms with E-state index >= 15 is 0 Å². The number of hydrogen-bond acceptors (Lipinski definition) is 2. The van der Waals surface area contributed by atoms with E-state index in [1.807, 2.05) is 0 Å². The molecule has 0 spiro atoms. The largest absolute Gasteiger partial charge is 0.480 e. The Kier molecular flexibility index (Phi) is 5.05. The van der Waals surface area contributed by atoms with Gasteiger partial charge in [0.15, 0.2) is 0 Å². The molecule has 4 nitrogen and oxygen atoms in total. The number of terminal acetylenes is 1. The number of carbonyl (C=O) groups excluding carboxylic acids is 1. The third-order valence-electron chi connectivity index (χ3n) is 1.23. The van der Waals surface area contributed by atoms with E-state index in [2.05, 4.69) is 5.92 Å². The molecule has 1 N–H and O–H groups in total. The van der Waals surface area contributed by atoms with Crippen molar-refractivity contribution in [3.8, 4) is 12.3 Å². The molecule has 70 valence electrons. The van der Waals surface area contributed by atoms with Crippen molar-refractivity contribution in [1.29, 1.82) is 0 Å². The van der Waals surface area contributed by atoms with Gasteiger partial charge in [0, 0.05) is 0 Å². The highest BCUT2D eigenvalue weighted by Crippen LogP contribution is 1.90. The van der Waals surface area contributed by atoms with Gasteiger partial charge >= 0.3 is 5.97 Å². The smallest absolute Gasteiger partial charge is 0.323 e. The molecule has 0 fully saturated rings. The van der Waals surface area contributed by atoms with Crippen molar-refractivity contribution in [2.45, 2.75) is 6.92 Å². The topological polar surface area (TPSA) is 57.6 Å². The van der Waals surface area contributed by atoms with Crippen LogP contribution in [0.25, 0.3) is 0 Å². The van der Waals surface area contributed by atoms with Gasteiger partial charge in [0.2, 0.25) is 5.91 Å². The number of nitrogens with zero attached hydrogens (tertiary/aromatic N) is 1. The van der Waals surface area contributed by atoms with Crippen molar-refractivity contribution in [3.05, 3.63) is 12.2 Å². The first-order chi connectivity index (χ1) is 6.11. The third kappa shape index (κ3) is 4.64. The predicted octanol–water partition coefficient (Wildman–Crippen LogP) is 0.109. The van der Waals surface area contributed by atoms with Crippen molar-refractivity contribution in [3.63, 3.8) is 0 Å². The predicted molar refractivity (Wildman–Crippen MR) is 47.9 cm³/mol. The molecule has 13 heavy (non-hydrogen) atoms. The summed E-state index contributed by atoms with van der Waals surface area (Å²) in [7, 11) is 0. The van der Waals surface area contributed by atoms with Gasteiger partial charge in [-0.25, -0.2) is 0 Å². The molecule has 0 aromatic rings. The zero-order valence-corrected chi connectivity index (χ0v) is 7.36. The van der Waals surface area contributed by atoms with E-state index in [1.165, 1.54) is 12.2 Å². The first kappa shape index (κ1) is 11.2. The minimum atomic E-state index is -1.08. The Hall–Kier alpha value is -1.76. The Morgan fingerprint density at radius 3 is 2.62 bits per heavy atom. The average Bonchev–Trinajstić information content (AvgIpc) is 2.03. The summed E-state index contributed by atoms with van der Waals surface area (Å²) in [6.45, 7) is 1.32. The zero-order chi connectivity index (χ0) is 10.3. The zero-order valence-electron chi connectivity index (χ0n) is 7.36. The molecular weight excluding hydrogens is 170 g/mol. The summed E-state index contributed by atoms with van der Waals surface area (Å²) >= 11 is 0. The Morgan fingerprint density at radius 1 is 1.62 bits per heavy atom. The van der Waals surface area contributed by atoms with Crippen LogP contribution < -0.4 is 0 Å². The Bertz CT molecular complexity index is 263. The van der Waals surface area contributed by atoms with Crippen LogP contribution in [0.4, 0.5) is 0 Å². The highest BCUT2D eigenvalue weighted by atomic mass is 16.4. The molecule has 0 atom stereocenters. The van der Waals surface area contributed by atoms with Crippen molar-refractivity contribution in [2.75, 3.05) is 13.1 Å². The van der Waals surface area contributed by atoms with Crippen LogP contribution in [0.5, 0.6) is 0 Å². The van der Waals surface area contributed by atoms with Gasteiger partial charge in [-0.3, -0.25) is 9.59 Å². The second kappa shape index (κ2) is 5.84. The Labute approximate surface area is 76.8 Å². The first-order valence-electron chi connectivity index (χ1n) is 3.68. The van der Waals surface area contributed by atoms with E-state index in [1.54, 1.807) is 6.92 Å². The molecule has 0 aromatic heterocycles. The number of carbonyl (C=O) groups is 2. The van der Waals surface area contributed by atoms with Crippen molar-refractivity contribution in [2.24, 2.45) is 0 Å². The van der Waals surface area contributed by atoms with Gasteiger partial charge in [-0.15, -0.1) is 6.42 Å². The summed E-state index contributed by atoms with van der Waals surface area (Å²) in [6, 6.07) is 0. The first-order valence-corrected chi connectivity index (χ1v) is 3.68. The molecule has 4 heteroatoms. The van der Waals surface area contributed by atoms with Crippen LogP contribution in [-0.2, 0) is 9.59 Å². The fourth-order valence-electron chi connectivity index (χ4n) is 0.733. The van der Waals surface area contributed by atoms with Crippen LogP contribution in [0.3, 0.4) is 0 Å². The standard InChI is InChI=1S/C9H11NO3/c1-3-5-8(11)10(6-4-2)7-9(12)13/h2-3,5H,6-7H2,1H3,(H,12,13). The molecule has 0 saturated heterocycles. The van der Waals surface area contributed by atoms with Gasteiger partial charge in [0.1, 0.15) is 6.54 Å². The van der Waals surface area contributed by atoms with Crippen LogP contribution in [0.1, 0.15) is 6.92 Å². The summed E-state index contributed by atoms with van der Waals surface area (Å²) in [4.78, 5) is 22.5. The number of carboxylic acid groups (broad SMARTS) is 1. The fourth-order valence-corrected chi connectivity index (χ4v) is 0.733. The van der Waals surface area contributed by atoms with E-state index in [0.29, 0.717) is 0 Å². The van der Waals surface area contributed by atoms with Crippen LogP contribution in [0.15, 0.2) is 12.2 Å². The summed E-state index contributed by atoms with van der Waals surface area (Å²) < 4.78 is 0. The molecule has 0 aromatic carbocycles. The number of carboxylic acids is 1. The molecular formula is C9H11NO3. The minimum absolute atomic E-state index is 0.00940. The van der Waals surface area contributed by atoms with Crippen molar-refractivity contribution < 1.29 is 14.7 Å². The molecule has 0 rings (SSSR count). The Morgan fingerprint density at radius 2 is 2.23 bits per heavy atom. The van der Waals surface area contributed by atoms with Gasteiger partial charge < -0.3 is 10.0 Å². The van der Waals surface area contributed by atoms with Crippen molar-refractivity contribution >= 4 is 11.9 Å². The Balaban J connectivity index is 4.33. The SMILES string of the molecule is C#CCN(CC(=O)O)C(=O)C=CC. The maximum absolute atomic E-state index is 11.1. The summed E-state index contributed by atoms with van der Waals surface area (Å²) in [5.74, 6) is 0.758. The fraction of sp³-hybridized carbons (Fsp3) is 0.333. The van der Waals surface area contributed by atoms with Gasteiger partial charge in [0.05, 0.1) is 6.54 Å². The molecule has 1 amide bonds. The lowest BCUT2D eigenvalue weighted by atomic mass is 10.4. The second-order valence-electron chi connectivity index (χ2n) is 2.29. The maximum Gasteiger partial charge on any atom is 0.323 e. The van der Waals surface area contributed by atoms with E-state index in [0.717, 1.165) is 4.90 Å². The average molecular weight is 181 g/mol. The molecule has 0 aliphatic rings. The van der Waals surface area contributed by atoms with Crippen LogP contribution in [0, 0.1) is 12.3 Å². The number of aliphatic carboxylic acids is 1. The molecule has 0 radical (unpaired) electrons. The summed E-state index contributed by atoms with van der Waals surface area (Å²) in [5.41, 5.74) is 0. The normalized spacial score (nSPS) is 9.54. The molecule has 0 aliphatic heterocycles. The molecule has 0 bridgehead atoms. The van der Waals surface area contributed by atoms with Gasteiger partial charge in [-0.2, -0.15) is 0 Å². The lowest BCUT2D eigenvalue weighted by Crippen LogP contribution is -2.34. The van der Waals surface area contributed by atoms with E-state index < -0.39 is 5.97 Å². The monoisotopic (exact) mass is 181 g/mol. The van der Waals surface area contributed by atoms with Gasteiger partial charge in [-0.05, 0) is 13.0 Å². The van der Waals surface area contributed by atoms with E-state index in [-0.39, 0.29) is 19.0 Å². The van der Waals surface area contributed by atoms with Gasteiger partial charge in [-0.1, -0.05) is 12.0 Å². The quantitative estimate of drug-likeness (QED) is 0.494. The number of hydrogen-bond donors (Lipinski definition) is 1. The van der Waals surface area contributed by atoms with Crippen molar-refractivity contribution in [1.82, 2.24) is 4.90 Å². The molecule has 0 heterocycles. The van der Waals surface area contributed by atoms with Crippen LogP contribution >= 0.6 is 0 Å². The lowest BCUT2D eigenvalue weighted by molar-refractivity contribution is -0.142. The van der Waals surface area contributed by atoms with E-state index in [9.17, 15) is 9.59 Å². The van der Waals surface area contributed by atoms with Gasteiger partial charge in [0.25, 0.3) is 0 Å². The maximum atomic E-state index is 11.1. The molecule has 0 aliphatic carbocycles. The number of amides is 1. The highest BCUT2D eigenvalue weighted by Gasteiger charge is 2.12. The summed E-state index contributed by atoms with van der Waals surface area (Å²) in [6.07, 6.45) is 7.79. The molecule has 0 unspecified atom stereocenters. The van der Waals surface area contributed by atoms with Crippen LogP contribution in [0.2, 0.25) is 0 Å². The van der Waals surface area contributed by atoms with E-state index in [4.69, 9.17) is 11.5 Å². The third-order valence-corrected chi connectivity index (χ3v) is 1.23. The van der Waals surface area contributed by atoms with Crippen LogP contribution in [-0.4, -0.2) is 35.0 Å². The molecule has 0 saturated carbocycles. The minimum Gasteiger partial charge on any atom is -0.480 e.